The van der Waals surface area contributed by atoms with E-state index in [1.54, 1.807) is 12.3 Å². The molecule has 1 fully saturated rings. The molecule has 0 aliphatic carbocycles. The number of hydrogen-bond acceptors (Lipinski definition) is 3. The van der Waals surface area contributed by atoms with Gasteiger partial charge in [-0.2, -0.15) is 0 Å². The van der Waals surface area contributed by atoms with E-state index < -0.39 is 0 Å². The van der Waals surface area contributed by atoms with Gasteiger partial charge in [-0.25, -0.2) is 4.98 Å². The number of benzene rings is 1. The first-order valence-corrected chi connectivity index (χ1v) is 9.23. The Labute approximate surface area is 154 Å². The minimum absolute atomic E-state index is 0.0348. The first-order valence-electron chi connectivity index (χ1n) is 8.85. The van der Waals surface area contributed by atoms with E-state index in [1.165, 1.54) is 12.0 Å². The molecule has 0 atom stereocenters. The molecule has 2 heterocycles. The maximum absolute atomic E-state index is 12.6. The molecule has 25 heavy (non-hydrogen) atoms. The Morgan fingerprint density at radius 2 is 1.92 bits per heavy atom. The minimum atomic E-state index is 0.0348. The molecule has 1 aliphatic heterocycles. The van der Waals surface area contributed by atoms with Crippen LogP contribution in [0.2, 0.25) is 5.02 Å². The van der Waals surface area contributed by atoms with Crippen molar-refractivity contribution >= 4 is 23.3 Å². The zero-order valence-corrected chi connectivity index (χ0v) is 15.4. The van der Waals surface area contributed by atoms with Crippen LogP contribution in [-0.2, 0) is 6.42 Å². The van der Waals surface area contributed by atoms with Crippen molar-refractivity contribution in [2.45, 2.75) is 25.7 Å². The van der Waals surface area contributed by atoms with Crippen LogP contribution in [0.4, 0.5) is 5.82 Å². The first kappa shape index (κ1) is 17.7. The standard InChI is InChI=1S/C20H24ClN3O/c1-23(13-10-16-8-4-2-5-9-16)19-18(21)14-17(15-22-19)20(25)24-11-6-3-7-12-24/h2,4-5,8-9,14-15H,3,6-7,10-13H2,1H3. The monoisotopic (exact) mass is 357 g/mol. The van der Waals surface area contributed by atoms with Gasteiger partial charge in [0.25, 0.3) is 5.91 Å². The Morgan fingerprint density at radius 3 is 2.60 bits per heavy atom. The van der Waals surface area contributed by atoms with Gasteiger partial charge in [0, 0.05) is 32.9 Å². The lowest BCUT2D eigenvalue weighted by atomic mass is 10.1. The molecule has 132 valence electrons. The van der Waals surface area contributed by atoms with Crippen molar-refractivity contribution < 1.29 is 4.79 Å². The second-order valence-electron chi connectivity index (χ2n) is 6.54. The number of nitrogens with zero attached hydrogens (tertiary/aromatic N) is 3. The number of piperidine rings is 1. The molecule has 5 heteroatoms. The number of likely N-dealkylation sites (tertiary alicyclic amines) is 1. The van der Waals surface area contributed by atoms with Gasteiger partial charge < -0.3 is 9.80 Å². The number of halogens is 1. The minimum Gasteiger partial charge on any atom is -0.358 e. The fourth-order valence-corrected chi connectivity index (χ4v) is 3.47. The van der Waals surface area contributed by atoms with E-state index in [2.05, 4.69) is 17.1 Å². The summed E-state index contributed by atoms with van der Waals surface area (Å²) in [6.07, 6.45) is 5.93. The Bertz CT molecular complexity index is 714. The normalized spacial score (nSPS) is 14.4. The lowest BCUT2D eigenvalue weighted by Gasteiger charge is -2.27. The Hall–Kier alpha value is -2.07. The molecule has 1 aromatic carbocycles. The molecule has 1 amide bonds. The lowest BCUT2D eigenvalue weighted by Crippen LogP contribution is -2.35. The van der Waals surface area contributed by atoms with E-state index in [-0.39, 0.29) is 5.91 Å². The summed E-state index contributed by atoms with van der Waals surface area (Å²) in [6, 6.07) is 12.1. The molecule has 0 spiro atoms. The highest BCUT2D eigenvalue weighted by molar-refractivity contribution is 6.33. The van der Waals surface area contributed by atoms with Crippen molar-refractivity contribution in [2.75, 3.05) is 31.6 Å². The maximum Gasteiger partial charge on any atom is 0.255 e. The van der Waals surface area contributed by atoms with Gasteiger partial charge in [0.2, 0.25) is 0 Å². The maximum atomic E-state index is 12.6. The van der Waals surface area contributed by atoms with Crippen LogP contribution in [0.5, 0.6) is 0 Å². The topological polar surface area (TPSA) is 36.4 Å². The Morgan fingerprint density at radius 1 is 1.20 bits per heavy atom. The molecular weight excluding hydrogens is 334 g/mol. The van der Waals surface area contributed by atoms with Crippen LogP contribution in [0, 0.1) is 0 Å². The largest absolute Gasteiger partial charge is 0.358 e. The predicted octanol–water partition coefficient (Wildman–Crippen LogP) is 4.04. The van der Waals surface area contributed by atoms with Crippen LogP contribution < -0.4 is 4.90 Å². The summed E-state index contributed by atoms with van der Waals surface area (Å²) >= 11 is 6.41. The fourth-order valence-electron chi connectivity index (χ4n) is 3.16. The SMILES string of the molecule is CN(CCc1ccccc1)c1ncc(C(=O)N2CCCCC2)cc1Cl. The summed E-state index contributed by atoms with van der Waals surface area (Å²) in [5.74, 6) is 0.750. The Balaban J connectivity index is 1.65. The molecule has 0 N–H and O–H groups in total. The van der Waals surface area contributed by atoms with E-state index in [4.69, 9.17) is 11.6 Å². The summed E-state index contributed by atoms with van der Waals surface area (Å²) in [5.41, 5.74) is 1.86. The molecular formula is C20H24ClN3O. The zero-order valence-electron chi connectivity index (χ0n) is 14.6. The van der Waals surface area contributed by atoms with Gasteiger partial charge in [0.05, 0.1) is 10.6 Å². The number of carbonyl (C=O) groups excluding carboxylic acids is 1. The van der Waals surface area contributed by atoms with Gasteiger partial charge in [0.1, 0.15) is 5.82 Å². The van der Waals surface area contributed by atoms with E-state index in [0.717, 1.165) is 38.9 Å². The Kier molecular flexibility index (Phi) is 5.92. The second kappa shape index (κ2) is 8.34. The van der Waals surface area contributed by atoms with E-state index in [0.29, 0.717) is 16.4 Å². The number of amides is 1. The van der Waals surface area contributed by atoms with Gasteiger partial charge in [-0.05, 0) is 37.3 Å². The number of aromatic nitrogens is 1. The van der Waals surface area contributed by atoms with Crippen LogP contribution in [0.3, 0.4) is 0 Å². The van der Waals surface area contributed by atoms with E-state index in [1.807, 2.05) is 35.0 Å². The summed E-state index contributed by atoms with van der Waals surface area (Å²) in [6.45, 7) is 2.47. The van der Waals surface area contributed by atoms with Crippen molar-refractivity contribution in [3.05, 3.63) is 58.7 Å². The number of pyridine rings is 1. The highest BCUT2D eigenvalue weighted by Crippen LogP contribution is 2.24. The quantitative estimate of drug-likeness (QED) is 0.810. The fraction of sp³-hybridized carbons (Fsp3) is 0.400. The molecule has 3 rings (SSSR count). The molecule has 0 saturated carbocycles. The third-order valence-corrected chi connectivity index (χ3v) is 4.93. The summed E-state index contributed by atoms with van der Waals surface area (Å²) in [4.78, 5) is 20.9. The van der Waals surface area contributed by atoms with Crippen molar-refractivity contribution in [1.29, 1.82) is 0 Å². The van der Waals surface area contributed by atoms with E-state index >= 15 is 0 Å². The van der Waals surface area contributed by atoms with Crippen LogP contribution in [0.1, 0.15) is 35.2 Å². The smallest absolute Gasteiger partial charge is 0.255 e. The molecule has 1 saturated heterocycles. The van der Waals surface area contributed by atoms with Crippen molar-refractivity contribution in [1.82, 2.24) is 9.88 Å². The average molecular weight is 358 g/mol. The number of anilines is 1. The number of rotatable bonds is 5. The molecule has 0 bridgehead atoms. The highest BCUT2D eigenvalue weighted by atomic mass is 35.5. The van der Waals surface area contributed by atoms with Crippen LogP contribution in [0.25, 0.3) is 0 Å². The molecule has 2 aromatic rings. The number of carbonyl (C=O) groups is 1. The van der Waals surface area contributed by atoms with Gasteiger partial charge in [-0.1, -0.05) is 41.9 Å². The molecule has 0 unspecified atom stereocenters. The lowest BCUT2D eigenvalue weighted by molar-refractivity contribution is 0.0724. The van der Waals surface area contributed by atoms with Crippen molar-refractivity contribution in [3.8, 4) is 0 Å². The average Bonchev–Trinajstić information content (AvgIpc) is 2.67. The second-order valence-corrected chi connectivity index (χ2v) is 6.95. The van der Waals surface area contributed by atoms with Gasteiger partial charge in [0.15, 0.2) is 0 Å². The summed E-state index contributed by atoms with van der Waals surface area (Å²) < 4.78 is 0. The van der Waals surface area contributed by atoms with Gasteiger partial charge in [-0.15, -0.1) is 0 Å². The predicted molar refractivity (Wildman–Crippen MR) is 102 cm³/mol. The first-order chi connectivity index (χ1) is 12.1. The zero-order chi connectivity index (χ0) is 17.6. The third kappa shape index (κ3) is 4.51. The number of likely N-dealkylation sites (N-methyl/N-ethyl adjacent to an activating group) is 1. The van der Waals surface area contributed by atoms with Crippen molar-refractivity contribution in [2.24, 2.45) is 0 Å². The van der Waals surface area contributed by atoms with Crippen LogP contribution in [-0.4, -0.2) is 42.5 Å². The molecule has 4 nitrogen and oxygen atoms in total. The highest BCUT2D eigenvalue weighted by Gasteiger charge is 2.20. The number of hydrogen-bond donors (Lipinski definition) is 0. The van der Waals surface area contributed by atoms with Gasteiger partial charge in [-0.3, -0.25) is 4.79 Å². The van der Waals surface area contributed by atoms with E-state index in [9.17, 15) is 4.79 Å². The molecule has 0 radical (unpaired) electrons. The van der Waals surface area contributed by atoms with Gasteiger partial charge >= 0.3 is 0 Å². The van der Waals surface area contributed by atoms with Crippen LogP contribution >= 0.6 is 11.6 Å². The third-order valence-electron chi connectivity index (χ3n) is 4.65. The molecule has 1 aromatic heterocycles. The summed E-state index contributed by atoms with van der Waals surface area (Å²) in [5, 5.41) is 0.526. The summed E-state index contributed by atoms with van der Waals surface area (Å²) in [7, 11) is 1.98. The molecule has 1 aliphatic rings. The van der Waals surface area contributed by atoms with Crippen molar-refractivity contribution in [3.63, 3.8) is 0 Å². The van der Waals surface area contributed by atoms with Crippen LogP contribution in [0.15, 0.2) is 42.6 Å².